The number of fused-ring (bicyclic) bond motifs is 1. The molecule has 0 spiro atoms. The predicted molar refractivity (Wildman–Crippen MR) is 77.2 cm³/mol. The molecule has 1 atom stereocenters. The first-order valence-corrected chi connectivity index (χ1v) is 6.78. The van der Waals surface area contributed by atoms with Gasteiger partial charge in [-0.05, 0) is 6.92 Å². The Morgan fingerprint density at radius 3 is 2.17 bits per heavy atom. The van der Waals surface area contributed by atoms with Crippen LogP contribution in [0, 0.1) is 20.2 Å². The van der Waals surface area contributed by atoms with Gasteiger partial charge in [-0.1, -0.05) is 24.3 Å². The molecular formula is C14H12N2O8. The van der Waals surface area contributed by atoms with E-state index in [1.807, 2.05) is 0 Å². The second kappa shape index (κ2) is 6.86. The van der Waals surface area contributed by atoms with E-state index in [0.29, 0.717) is 0 Å². The maximum atomic E-state index is 12.5. The Balaban J connectivity index is 2.30. The van der Waals surface area contributed by atoms with Gasteiger partial charge < -0.3 is 9.68 Å². The van der Waals surface area contributed by atoms with Gasteiger partial charge in [0.15, 0.2) is 11.6 Å². The summed E-state index contributed by atoms with van der Waals surface area (Å²) < 4.78 is 0. The van der Waals surface area contributed by atoms with E-state index in [-0.39, 0.29) is 34.5 Å². The zero-order chi connectivity index (χ0) is 17.9. The number of nitrogens with zero attached hydrogens (tertiary/aromatic N) is 2. The number of hydrogen-bond acceptors (Lipinski definition) is 8. The molecule has 0 fully saturated rings. The van der Waals surface area contributed by atoms with Crippen molar-refractivity contribution in [2.24, 2.45) is 0 Å². The normalized spacial score (nSPS) is 14.9. The monoisotopic (exact) mass is 336 g/mol. The summed E-state index contributed by atoms with van der Waals surface area (Å²) in [6.45, 7) is 0.678. The summed E-state index contributed by atoms with van der Waals surface area (Å²) in [5.74, 6) is -0.851. The lowest BCUT2D eigenvalue weighted by atomic mass is 9.82. The van der Waals surface area contributed by atoms with Crippen LogP contribution in [0.5, 0.6) is 0 Å². The fourth-order valence-electron chi connectivity index (χ4n) is 2.42. The molecular weight excluding hydrogens is 324 g/mol. The fraction of sp³-hybridized carbons (Fsp3) is 0.286. The van der Waals surface area contributed by atoms with Crippen LogP contribution >= 0.6 is 0 Å². The Morgan fingerprint density at radius 2 is 1.62 bits per heavy atom. The first kappa shape index (κ1) is 17.1. The zero-order valence-electron chi connectivity index (χ0n) is 12.5. The molecule has 126 valence electrons. The van der Waals surface area contributed by atoms with Gasteiger partial charge in [0.25, 0.3) is 10.2 Å². The minimum absolute atomic E-state index is 0.0116. The lowest BCUT2D eigenvalue weighted by Gasteiger charge is -2.21. The molecule has 10 heteroatoms. The van der Waals surface area contributed by atoms with E-state index in [9.17, 15) is 29.8 Å². The van der Waals surface area contributed by atoms with Crippen molar-refractivity contribution in [3.05, 3.63) is 66.8 Å². The minimum Gasteiger partial charge on any atom is -0.312 e. The molecule has 0 aliphatic heterocycles. The molecule has 1 unspecified atom stereocenters. The van der Waals surface area contributed by atoms with E-state index in [1.54, 1.807) is 12.1 Å². The molecule has 0 radical (unpaired) electrons. The van der Waals surface area contributed by atoms with Crippen LogP contribution in [0.25, 0.3) is 0 Å². The van der Waals surface area contributed by atoms with Crippen LogP contribution in [0.1, 0.15) is 34.1 Å². The lowest BCUT2D eigenvalue weighted by molar-refractivity contribution is -0.789. The highest BCUT2D eigenvalue weighted by atomic mass is 17.0. The van der Waals surface area contributed by atoms with Gasteiger partial charge in [0.2, 0.25) is 0 Å². The third-order valence-electron chi connectivity index (χ3n) is 3.52. The SMILES string of the molecule is CC1=C(CC(CO[N+](=O)[O-])O[N+](=O)[O-])C(=O)c2ccccc2C1=O. The van der Waals surface area contributed by atoms with Crippen molar-refractivity contribution in [1.29, 1.82) is 0 Å². The third kappa shape index (κ3) is 3.54. The summed E-state index contributed by atoms with van der Waals surface area (Å²) in [6.07, 6.45) is -1.75. The van der Waals surface area contributed by atoms with E-state index in [0.717, 1.165) is 0 Å². The van der Waals surface area contributed by atoms with Crippen LogP contribution in [0.3, 0.4) is 0 Å². The van der Waals surface area contributed by atoms with Crippen molar-refractivity contribution in [3.63, 3.8) is 0 Å². The average Bonchev–Trinajstić information content (AvgIpc) is 2.53. The van der Waals surface area contributed by atoms with Crippen LogP contribution < -0.4 is 0 Å². The number of carbonyl (C=O) groups excluding carboxylic acids is 2. The van der Waals surface area contributed by atoms with Gasteiger partial charge in [-0.3, -0.25) is 9.59 Å². The van der Waals surface area contributed by atoms with Crippen molar-refractivity contribution in [2.45, 2.75) is 19.4 Å². The van der Waals surface area contributed by atoms with Gasteiger partial charge in [-0.15, -0.1) is 20.2 Å². The van der Waals surface area contributed by atoms with E-state index < -0.39 is 28.7 Å². The number of carbonyl (C=O) groups is 2. The van der Waals surface area contributed by atoms with Crippen molar-refractivity contribution in [1.82, 2.24) is 0 Å². The Morgan fingerprint density at radius 1 is 1.04 bits per heavy atom. The summed E-state index contributed by atoms with van der Waals surface area (Å²) in [5.41, 5.74) is 0.560. The van der Waals surface area contributed by atoms with Gasteiger partial charge >= 0.3 is 0 Å². The van der Waals surface area contributed by atoms with Crippen molar-refractivity contribution in [3.8, 4) is 0 Å². The van der Waals surface area contributed by atoms with E-state index >= 15 is 0 Å². The van der Waals surface area contributed by atoms with E-state index in [4.69, 9.17) is 0 Å². The number of allylic oxidation sites excluding steroid dienone is 1. The minimum atomic E-state index is -1.39. The van der Waals surface area contributed by atoms with Crippen LogP contribution in [0.15, 0.2) is 35.4 Å². The Bertz CT molecular complexity index is 755. The van der Waals surface area contributed by atoms with Crippen molar-refractivity contribution >= 4 is 11.6 Å². The van der Waals surface area contributed by atoms with Gasteiger partial charge in [0.05, 0.1) is 0 Å². The fourth-order valence-corrected chi connectivity index (χ4v) is 2.42. The molecule has 1 aromatic rings. The molecule has 0 saturated heterocycles. The standard InChI is InChI=1S/C14H12N2O8/c1-8-12(6-9(24-16(21)22)7-23-15(19)20)14(18)11-5-3-2-4-10(11)13(8)17/h2-5,9H,6-7H2,1H3. The molecule has 0 heterocycles. The largest absolute Gasteiger partial charge is 0.312 e. The van der Waals surface area contributed by atoms with Crippen LogP contribution in [-0.4, -0.2) is 34.5 Å². The third-order valence-corrected chi connectivity index (χ3v) is 3.52. The van der Waals surface area contributed by atoms with Gasteiger partial charge in [-0.2, -0.15) is 0 Å². The number of hydrogen-bond donors (Lipinski definition) is 0. The number of benzene rings is 1. The molecule has 0 aromatic heterocycles. The molecule has 10 nitrogen and oxygen atoms in total. The van der Waals surface area contributed by atoms with Crippen molar-refractivity contribution in [2.75, 3.05) is 6.61 Å². The molecule has 1 aromatic carbocycles. The second-order valence-corrected chi connectivity index (χ2v) is 4.98. The highest BCUT2D eigenvalue weighted by Gasteiger charge is 2.32. The molecule has 0 saturated carbocycles. The highest BCUT2D eigenvalue weighted by Crippen LogP contribution is 2.29. The van der Waals surface area contributed by atoms with Crippen LogP contribution in [0.2, 0.25) is 0 Å². The van der Waals surface area contributed by atoms with E-state index in [1.165, 1.54) is 19.1 Å². The smallest absolute Gasteiger partial charge is 0.294 e. The number of Topliss-reactive ketones (excluding diaryl/α,β-unsaturated/α-hetero) is 2. The molecule has 1 aliphatic rings. The average molecular weight is 336 g/mol. The van der Waals surface area contributed by atoms with Gasteiger partial charge in [-0.25, -0.2) is 0 Å². The van der Waals surface area contributed by atoms with E-state index in [2.05, 4.69) is 9.68 Å². The zero-order valence-corrected chi connectivity index (χ0v) is 12.5. The quantitative estimate of drug-likeness (QED) is 0.540. The first-order chi connectivity index (χ1) is 11.3. The topological polar surface area (TPSA) is 139 Å². The summed E-state index contributed by atoms with van der Waals surface area (Å²) in [7, 11) is 0. The molecule has 0 bridgehead atoms. The maximum Gasteiger partial charge on any atom is 0.294 e. The molecule has 2 rings (SSSR count). The Kier molecular flexibility index (Phi) is 4.87. The Hall–Kier alpha value is -3.30. The summed E-state index contributed by atoms with van der Waals surface area (Å²) in [4.78, 5) is 54.0. The van der Waals surface area contributed by atoms with Gasteiger partial charge in [0.1, 0.15) is 12.7 Å². The molecule has 1 aliphatic carbocycles. The molecule has 24 heavy (non-hydrogen) atoms. The predicted octanol–water partition coefficient (Wildman–Crippen LogP) is 1.56. The number of rotatable bonds is 7. The van der Waals surface area contributed by atoms with Crippen LogP contribution in [0.4, 0.5) is 0 Å². The molecule has 0 amide bonds. The Labute approximate surface area is 134 Å². The van der Waals surface area contributed by atoms with Crippen LogP contribution in [-0.2, 0) is 9.68 Å². The second-order valence-electron chi connectivity index (χ2n) is 4.98. The number of ketones is 2. The van der Waals surface area contributed by atoms with Gasteiger partial charge in [0, 0.05) is 28.7 Å². The highest BCUT2D eigenvalue weighted by molar-refractivity contribution is 6.26. The summed E-state index contributed by atoms with van der Waals surface area (Å²) in [6, 6.07) is 6.19. The maximum absolute atomic E-state index is 12.5. The summed E-state index contributed by atoms with van der Waals surface area (Å²) >= 11 is 0. The van der Waals surface area contributed by atoms with Crippen molar-refractivity contribution < 1.29 is 29.4 Å². The summed E-state index contributed by atoms with van der Waals surface area (Å²) in [5, 5.41) is 18.5. The lowest BCUT2D eigenvalue weighted by Crippen LogP contribution is -2.29. The molecule has 0 N–H and O–H groups in total. The first-order valence-electron chi connectivity index (χ1n) is 6.78.